The summed E-state index contributed by atoms with van der Waals surface area (Å²) >= 11 is 0. The van der Waals surface area contributed by atoms with Gasteiger partial charge >= 0.3 is 17.1 Å². The van der Waals surface area contributed by atoms with Gasteiger partial charge in [0.25, 0.3) is 0 Å². The van der Waals surface area contributed by atoms with E-state index in [4.69, 9.17) is 15.8 Å². The Labute approximate surface area is 230 Å². The molecule has 3 fully saturated rings. The SMILES string of the molecule is N#CCC1CCC(Cn2c(=O)n(CC3CCC(CC#N)CC3)c(=O)n(CC3CCC(CC#N)CC3)c2=O)CC1. The maximum Gasteiger partial charge on any atom is 0.336 e. The average molecular weight is 535 g/mol. The summed E-state index contributed by atoms with van der Waals surface area (Å²) in [5.74, 6) is 1.73. The van der Waals surface area contributed by atoms with Crippen LogP contribution in [0.3, 0.4) is 0 Å². The molecule has 0 aromatic carbocycles. The fourth-order valence-electron chi connectivity index (χ4n) is 7.17. The highest BCUT2D eigenvalue weighted by Crippen LogP contribution is 2.33. The van der Waals surface area contributed by atoms with Crippen molar-refractivity contribution in [1.82, 2.24) is 13.7 Å². The summed E-state index contributed by atoms with van der Waals surface area (Å²) in [6.45, 7) is 0.961. The molecule has 0 aliphatic heterocycles. The molecule has 0 bridgehead atoms. The highest BCUT2D eigenvalue weighted by atomic mass is 16.2. The van der Waals surface area contributed by atoms with E-state index in [0.717, 1.165) is 77.0 Å². The van der Waals surface area contributed by atoms with Gasteiger partial charge in [0.05, 0.1) is 18.2 Å². The van der Waals surface area contributed by atoms with Crippen molar-refractivity contribution >= 4 is 0 Å². The smallest absolute Gasteiger partial charge is 0.247 e. The highest BCUT2D eigenvalue weighted by molar-refractivity contribution is 4.87. The van der Waals surface area contributed by atoms with Gasteiger partial charge in [0.15, 0.2) is 0 Å². The first kappa shape index (κ1) is 28.9. The van der Waals surface area contributed by atoms with E-state index in [1.165, 1.54) is 13.7 Å². The van der Waals surface area contributed by atoms with E-state index in [-0.39, 0.29) is 17.8 Å². The molecular weight excluding hydrogens is 492 g/mol. The molecule has 3 aliphatic carbocycles. The van der Waals surface area contributed by atoms with E-state index in [1.54, 1.807) is 0 Å². The summed E-state index contributed by atoms with van der Waals surface area (Å²) in [6, 6.07) is 6.78. The molecule has 39 heavy (non-hydrogen) atoms. The van der Waals surface area contributed by atoms with Gasteiger partial charge in [-0.25, -0.2) is 28.1 Å². The van der Waals surface area contributed by atoms with Crippen LogP contribution < -0.4 is 17.1 Å². The van der Waals surface area contributed by atoms with Crippen molar-refractivity contribution in [2.24, 2.45) is 35.5 Å². The molecule has 9 heteroatoms. The lowest BCUT2D eigenvalue weighted by Gasteiger charge is -2.30. The summed E-state index contributed by atoms with van der Waals surface area (Å²) in [4.78, 5) is 40.9. The Balaban J connectivity index is 1.57. The van der Waals surface area contributed by atoms with Gasteiger partial charge in [0.2, 0.25) is 0 Å². The first-order chi connectivity index (χ1) is 18.9. The van der Waals surface area contributed by atoms with Gasteiger partial charge < -0.3 is 0 Å². The van der Waals surface area contributed by atoms with Crippen molar-refractivity contribution in [1.29, 1.82) is 15.8 Å². The minimum atomic E-state index is -0.489. The molecule has 0 atom stereocenters. The van der Waals surface area contributed by atoms with Gasteiger partial charge in [-0.05, 0) is 113 Å². The van der Waals surface area contributed by atoms with Crippen molar-refractivity contribution in [3.8, 4) is 18.2 Å². The first-order valence-electron chi connectivity index (χ1n) is 15.0. The summed E-state index contributed by atoms with van der Waals surface area (Å²) in [7, 11) is 0. The minimum absolute atomic E-state index is 0.188. The Morgan fingerprint density at radius 1 is 0.436 bits per heavy atom. The summed E-state index contributed by atoms with van der Waals surface area (Å²) in [5.41, 5.74) is -1.47. The third kappa shape index (κ3) is 7.30. The van der Waals surface area contributed by atoms with Crippen LogP contribution in [-0.4, -0.2) is 13.7 Å². The van der Waals surface area contributed by atoms with Gasteiger partial charge in [-0.15, -0.1) is 0 Å². The van der Waals surface area contributed by atoms with E-state index in [2.05, 4.69) is 18.2 Å². The second-order valence-corrected chi connectivity index (χ2v) is 12.4. The van der Waals surface area contributed by atoms with Crippen LogP contribution in [-0.2, 0) is 19.6 Å². The van der Waals surface area contributed by atoms with Crippen molar-refractivity contribution in [2.45, 2.75) is 116 Å². The summed E-state index contributed by atoms with van der Waals surface area (Å²) in [6.07, 6.45) is 12.5. The number of nitriles is 3. The van der Waals surface area contributed by atoms with Crippen LogP contribution in [0, 0.1) is 69.5 Å². The fourth-order valence-corrected chi connectivity index (χ4v) is 7.17. The quantitative estimate of drug-likeness (QED) is 0.462. The zero-order chi connectivity index (χ0) is 27.8. The lowest BCUT2D eigenvalue weighted by Crippen LogP contribution is -2.56. The monoisotopic (exact) mass is 534 g/mol. The minimum Gasteiger partial charge on any atom is -0.247 e. The topological polar surface area (TPSA) is 137 Å². The Bertz CT molecular complexity index is 1080. The number of hydrogen-bond donors (Lipinski definition) is 0. The molecule has 0 N–H and O–H groups in total. The molecule has 210 valence electrons. The molecule has 4 rings (SSSR count). The standard InChI is InChI=1S/C30H42N6O3/c31-16-13-22-1-7-25(8-2-22)19-34-28(37)35(20-26-9-3-23(4-10-26)14-17-32)30(39)36(29(34)38)21-27-11-5-24(6-12-27)15-18-33/h22-27H,1-15,19-21H2. The van der Waals surface area contributed by atoms with Crippen molar-refractivity contribution < 1.29 is 0 Å². The van der Waals surface area contributed by atoms with Crippen molar-refractivity contribution in [3.05, 3.63) is 31.5 Å². The molecule has 0 radical (unpaired) electrons. The molecule has 3 aliphatic rings. The van der Waals surface area contributed by atoms with Crippen LogP contribution in [0.5, 0.6) is 0 Å². The lowest BCUT2D eigenvalue weighted by atomic mass is 9.80. The van der Waals surface area contributed by atoms with Gasteiger partial charge in [-0.3, -0.25) is 0 Å². The maximum absolute atomic E-state index is 13.6. The fraction of sp³-hybridized carbons (Fsp3) is 0.800. The maximum atomic E-state index is 13.6. The third-order valence-electron chi connectivity index (χ3n) is 9.75. The zero-order valence-electron chi connectivity index (χ0n) is 23.1. The number of rotatable bonds is 9. The Hall–Kier alpha value is -3.12. The Morgan fingerprint density at radius 2 is 0.641 bits per heavy atom. The molecular formula is C30H42N6O3. The van der Waals surface area contributed by atoms with Crippen LogP contribution in [0.2, 0.25) is 0 Å². The molecule has 1 aromatic heterocycles. The predicted octanol–water partition coefficient (Wildman–Crippen LogP) is 4.33. The molecule has 0 spiro atoms. The molecule has 0 amide bonds. The molecule has 1 heterocycles. The summed E-state index contributed by atoms with van der Waals surface area (Å²) in [5, 5.41) is 27.1. The highest BCUT2D eigenvalue weighted by Gasteiger charge is 2.28. The normalized spacial score (nSPS) is 29.2. The molecule has 1 aromatic rings. The van der Waals surface area contributed by atoms with Gasteiger partial charge in [0, 0.05) is 38.9 Å². The zero-order valence-corrected chi connectivity index (χ0v) is 23.1. The second kappa shape index (κ2) is 13.8. The van der Waals surface area contributed by atoms with E-state index in [0.29, 0.717) is 56.7 Å². The van der Waals surface area contributed by atoms with Crippen LogP contribution in [0.1, 0.15) is 96.3 Å². The summed E-state index contributed by atoms with van der Waals surface area (Å²) < 4.78 is 3.96. The van der Waals surface area contributed by atoms with Gasteiger partial charge in [-0.1, -0.05) is 0 Å². The van der Waals surface area contributed by atoms with Crippen LogP contribution in [0.15, 0.2) is 14.4 Å². The van der Waals surface area contributed by atoms with Crippen LogP contribution in [0.4, 0.5) is 0 Å². The van der Waals surface area contributed by atoms with E-state index in [1.807, 2.05) is 0 Å². The largest absolute Gasteiger partial charge is 0.336 e. The average Bonchev–Trinajstić information content (AvgIpc) is 2.95. The van der Waals surface area contributed by atoms with Gasteiger partial charge in [-0.2, -0.15) is 15.8 Å². The Morgan fingerprint density at radius 3 is 0.846 bits per heavy atom. The van der Waals surface area contributed by atoms with Crippen LogP contribution in [0.25, 0.3) is 0 Å². The molecule has 0 saturated heterocycles. The number of aromatic nitrogens is 3. The van der Waals surface area contributed by atoms with Gasteiger partial charge in [0.1, 0.15) is 0 Å². The first-order valence-corrected chi connectivity index (χ1v) is 15.0. The van der Waals surface area contributed by atoms with E-state index >= 15 is 0 Å². The second-order valence-electron chi connectivity index (χ2n) is 12.4. The van der Waals surface area contributed by atoms with Crippen molar-refractivity contribution in [2.75, 3.05) is 0 Å². The predicted molar refractivity (Wildman–Crippen MR) is 146 cm³/mol. The number of nitrogens with zero attached hydrogens (tertiary/aromatic N) is 6. The number of hydrogen-bond acceptors (Lipinski definition) is 6. The van der Waals surface area contributed by atoms with E-state index < -0.39 is 17.1 Å². The molecule has 9 nitrogen and oxygen atoms in total. The lowest BCUT2D eigenvalue weighted by molar-refractivity contribution is 0.219. The Kier molecular flexibility index (Phi) is 10.2. The molecule has 0 unspecified atom stereocenters. The third-order valence-corrected chi connectivity index (χ3v) is 9.75. The van der Waals surface area contributed by atoms with E-state index in [9.17, 15) is 14.4 Å². The van der Waals surface area contributed by atoms with Crippen molar-refractivity contribution in [3.63, 3.8) is 0 Å². The molecule has 3 saturated carbocycles. The van der Waals surface area contributed by atoms with Crippen LogP contribution >= 0.6 is 0 Å².